The third-order valence-corrected chi connectivity index (χ3v) is 5.59. The number of hydrogen-bond acceptors (Lipinski definition) is 6. The number of aliphatic carboxylic acids is 1. The molecule has 2 rings (SSSR count). The molecule has 2 unspecified atom stereocenters. The lowest BCUT2D eigenvalue weighted by Crippen LogP contribution is -2.49. The van der Waals surface area contributed by atoms with Crippen LogP contribution in [0.1, 0.15) is 19.3 Å². The minimum atomic E-state index is -2.11. The van der Waals surface area contributed by atoms with Crippen molar-refractivity contribution < 1.29 is 27.9 Å². The van der Waals surface area contributed by atoms with E-state index in [2.05, 4.69) is 15.0 Å². The maximum absolute atomic E-state index is 12.4. The summed E-state index contributed by atoms with van der Waals surface area (Å²) in [5.41, 5.74) is 10.5. The molecule has 2 atom stereocenters. The van der Waals surface area contributed by atoms with Gasteiger partial charge < -0.3 is 31.0 Å². The number of guanidine groups is 1. The molecule has 1 aromatic rings. The molecule has 32 heavy (non-hydrogen) atoms. The van der Waals surface area contributed by atoms with Gasteiger partial charge >= 0.3 is 5.97 Å². The van der Waals surface area contributed by atoms with Gasteiger partial charge in [-0.3, -0.25) is 19.4 Å². The van der Waals surface area contributed by atoms with E-state index < -0.39 is 23.3 Å². The summed E-state index contributed by atoms with van der Waals surface area (Å²) in [7, 11) is 0. The maximum Gasteiger partial charge on any atom is 0.323 e. The lowest BCUT2D eigenvalue weighted by molar-refractivity contribution is -0.139. The Labute approximate surface area is 188 Å². The summed E-state index contributed by atoms with van der Waals surface area (Å²) in [5, 5.41) is 11.9. The number of carboxylic acid groups (broad SMARTS) is 1. The zero-order valence-corrected chi connectivity index (χ0v) is 18.3. The van der Waals surface area contributed by atoms with Crippen LogP contribution >= 0.6 is 0 Å². The highest BCUT2D eigenvalue weighted by Gasteiger charge is 2.28. The molecule has 1 aliphatic heterocycles. The van der Waals surface area contributed by atoms with Crippen molar-refractivity contribution in [1.82, 2.24) is 14.9 Å². The van der Waals surface area contributed by atoms with Crippen molar-refractivity contribution in [3.63, 3.8) is 0 Å². The quantitative estimate of drug-likeness (QED) is 0.196. The van der Waals surface area contributed by atoms with Crippen LogP contribution in [0.3, 0.4) is 0 Å². The van der Waals surface area contributed by atoms with Crippen LogP contribution < -0.4 is 25.7 Å². The van der Waals surface area contributed by atoms with E-state index in [0.717, 1.165) is 0 Å². The van der Waals surface area contributed by atoms with Gasteiger partial charge in [0.05, 0.1) is 6.54 Å². The number of likely N-dealkylation sites (tertiary alicyclic amines) is 1. The fraction of sp³-hybridized carbons (Fsp3) is 0.474. The average molecular weight is 469 g/mol. The number of carbonyl (C=O) groups excluding carboxylic acids is 2. The minimum Gasteiger partial charge on any atom is -0.480 e. The van der Waals surface area contributed by atoms with Crippen LogP contribution in [-0.4, -0.2) is 70.2 Å². The van der Waals surface area contributed by atoms with Gasteiger partial charge in [-0.05, 0) is 25.0 Å². The Morgan fingerprint density at radius 3 is 2.47 bits per heavy atom. The lowest BCUT2D eigenvalue weighted by Gasteiger charge is -2.31. The zero-order valence-electron chi connectivity index (χ0n) is 17.4. The number of aliphatic imine (C=N–C) groups is 1. The van der Waals surface area contributed by atoms with E-state index in [4.69, 9.17) is 15.7 Å². The molecule has 0 spiro atoms. The molecular weight excluding hydrogens is 440 g/mol. The number of benzene rings is 1. The first-order chi connectivity index (χ1) is 15.3. The number of rotatable bonds is 11. The second-order valence-electron chi connectivity index (χ2n) is 7.10. The molecule has 7 N–H and O–H groups in total. The van der Waals surface area contributed by atoms with E-state index in [1.807, 2.05) is 0 Å². The van der Waals surface area contributed by atoms with Gasteiger partial charge in [-0.25, -0.2) is 0 Å². The molecule has 0 aromatic heterocycles. The smallest absolute Gasteiger partial charge is 0.323 e. The summed E-state index contributed by atoms with van der Waals surface area (Å²) in [6.45, 7) is 0.763. The van der Waals surface area contributed by atoms with Crippen LogP contribution in [-0.2, 0) is 25.7 Å². The summed E-state index contributed by atoms with van der Waals surface area (Å²) in [4.78, 5) is 41.5. The number of nitrogens with two attached hydrogens (primary N) is 2. The number of nitrogens with one attached hydrogen (secondary N) is 2. The van der Waals surface area contributed by atoms with Crippen LogP contribution in [0.2, 0.25) is 0 Å². The summed E-state index contributed by atoms with van der Waals surface area (Å²) in [5.74, 6) is -1.80. The van der Waals surface area contributed by atoms with E-state index in [1.165, 1.54) is 0 Å². The fourth-order valence-electron chi connectivity index (χ4n) is 3.06. The van der Waals surface area contributed by atoms with E-state index in [1.54, 1.807) is 35.2 Å². The van der Waals surface area contributed by atoms with Crippen molar-refractivity contribution in [3.05, 3.63) is 30.3 Å². The Hall–Kier alpha value is -3.19. The number of hydrogen-bond donors (Lipinski definition) is 5. The predicted molar refractivity (Wildman–Crippen MR) is 117 cm³/mol. The van der Waals surface area contributed by atoms with Crippen molar-refractivity contribution in [2.24, 2.45) is 22.4 Å². The third kappa shape index (κ3) is 8.51. The van der Waals surface area contributed by atoms with Gasteiger partial charge in [0, 0.05) is 32.0 Å². The highest BCUT2D eigenvalue weighted by Crippen LogP contribution is 2.18. The molecule has 2 amide bonds. The molecule has 0 radical (unpaired) electrons. The molecule has 0 aliphatic carbocycles. The second-order valence-corrected chi connectivity index (χ2v) is 7.97. The summed E-state index contributed by atoms with van der Waals surface area (Å²) >= 11 is -2.11. The molecule has 176 valence electrons. The van der Waals surface area contributed by atoms with E-state index in [0.29, 0.717) is 31.7 Å². The van der Waals surface area contributed by atoms with E-state index in [9.17, 15) is 23.7 Å². The van der Waals surface area contributed by atoms with Crippen LogP contribution in [0, 0.1) is 5.92 Å². The van der Waals surface area contributed by atoms with Gasteiger partial charge in [0.2, 0.25) is 11.8 Å². The second kappa shape index (κ2) is 12.6. The topological polar surface area (TPSA) is 189 Å². The van der Waals surface area contributed by atoms with Crippen molar-refractivity contribution >= 4 is 35.0 Å². The third-order valence-electron chi connectivity index (χ3n) is 4.77. The number of piperidine rings is 1. The van der Waals surface area contributed by atoms with E-state index >= 15 is 0 Å². The van der Waals surface area contributed by atoms with Gasteiger partial charge in [-0.2, -0.15) is 8.93 Å². The van der Waals surface area contributed by atoms with Crippen molar-refractivity contribution in [3.8, 4) is 5.75 Å². The number of para-hydroxylation sites is 1. The Bertz CT molecular complexity index is 840. The predicted octanol–water partition coefficient (Wildman–Crippen LogP) is -1.29. The van der Waals surface area contributed by atoms with E-state index in [-0.39, 0.29) is 43.2 Å². The molecule has 13 heteroatoms. The minimum absolute atomic E-state index is 0.0715. The monoisotopic (exact) mass is 468 g/mol. The number of carboxylic acids is 1. The Morgan fingerprint density at radius 2 is 1.88 bits per heavy atom. The molecule has 1 heterocycles. The largest absolute Gasteiger partial charge is 0.480 e. The Balaban J connectivity index is 1.75. The van der Waals surface area contributed by atoms with Crippen LogP contribution in [0.15, 0.2) is 35.3 Å². The van der Waals surface area contributed by atoms with Gasteiger partial charge in [-0.1, -0.05) is 18.2 Å². The summed E-state index contributed by atoms with van der Waals surface area (Å²) < 4.78 is 19.5. The van der Waals surface area contributed by atoms with Gasteiger partial charge in [0.15, 0.2) is 5.96 Å². The van der Waals surface area contributed by atoms with Crippen LogP contribution in [0.25, 0.3) is 0 Å². The highest BCUT2D eigenvalue weighted by molar-refractivity contribution is 7.78. The lowest BCUT2D eigenvalue weighted by atomic mass is 9.95. The normalized spacial score (nSPS) is 15.9. The molecule has 1 aromatic carbocycles. The first-order valence-corrected chi connectivity index (χ1v) is 11.1. The molecule has 12 nitrogen and oxygen atoms in total. The summed E-state index contributed by atoms with van der Waals surface area (Å²) in [6.07, 6.45) is 1.09. The first kappa shape index (κ1) is 25.1. The molecule has 1 saturated heterocycles. The molecule has 0 saturated carbocycles. The van der Waals surface area contributed by atoms with Crippen molar-refractivity contribution in [1.29, 1.82) is 0 Å². The average Bonchev–Trinajstić information content (AvgIpc) is 2.76. The van der Waals surface area contributed by atoms with Crippen LogP contribution in [0.4, 0.5) is 0 Å². The van der Waals surface area contributed by atoms with Gasteiger partial charge in [-0.15, -0.1) is 0 Å². The Morgan fingerprint density at radius 1 is 1.22 bits per heavy atom. The highest BCUT2D eigenvalue weighted by atomic mass is 32.2. The SMILES string of the molecule is NC(N)=NCCC(=O)N1CCC(C(=O)NCC(NS(=O)Oc2ccccc2)C(=O)O)CC1. The van der Waals surface area contributed by atoms with Crippen molar-refractivity contribution in [2.45, 2.75) is 25.3 Å². The maximum atomic E-state index is 12.4. The standard InChI is InChI=1S/C19H28N6O6S/c20-19(21)22-9-6-16(26)25-10-7-13(8-11-25)17(27)23-12-15(18(28)29)24-32(30)31-14-4-2-1-3-5-14/h1-5,13,15,24H,6-12H2,(H,23,27)(H,28,29)(H4,20,21,22). The zero-order chi connectivity index (χ0) is 23.5. The van der Waals surface area contributed by atoms with Gasteiger partial charge in [0.25, 0.3) is 11.3 Å². The molecule has 0 bridgehead atoms. The summed E-state index contributed by atoms with van der Waals surface area (Å²) in [6, 6.07) is 6.98. The number of carbonyl (C=O) groups is 3. The van der Waals surface area contributed by atoms with Crippen LogP contribution in [0.5, 0.6) is 5.75 Å². The van der Waals surface area contributed by atoms with Crippen molar-refractivity contribution in [2.75, 3.05) is 26.2 Å². The first-order valence-electron chi connectivity index (χ1n) is 10.0. The fourth-order valence-corrected chi connectivity index (χ4v) is 3.81. The molecule has 1 fully saturated rings. The number of nitrogens with zero attached hydrogens (tertiary/aromatic N) is 2. The molecule has 1 aliphatic rings. The van der Waals surface area contributed by atoms with Gasteiger partial charge in [0.1, 0.15) is 11.8 Å². The Kier molecular flexibility index (Phi) is 9.88. The number of amides is 2. The molecular formula is C19H28N6O6S.